The van der Waals surface area contributed by atoms with Gasteiger partial charge in [-0.1, -0.05) is 12.1 Å². The minimum absolute atomic E-state index is 0.177. The van der Waals surface area contributed by atoms with Crippen molar-refractivity contribution in [3.8, 4) is 0 Å². The first-order chi connectivity index (χ1) is 9.49. The Labute approximate surface area is 120 Å². The lowest BCUT2D eigenvalue weighted by Gasteiger charge is -2.27. The lowest BCUT2D eigenvalue weighted by atomic mass is 10.0. The molecule has 0 aliphatic carbocycles. The van der Waals surface area contributed by atoms with E-state index in [0.29, 0.717) is 11.6 Å². The van der Waals surface area contributed by atoms with Crippen LogP contribution >= 0.6 is 0 Å². The van der Waals surface area contributed by atoms with Crippen LogP contribution in [0.1, 0.15) is 36.9 Å². The molecule has 5 nitrogen and oxygen atoms in total. The summed E-state index contributed by atoms with van der Waals surface area (Å²) in [5, 5.41) is 14.5. The molecule has 0 bridgehead atoms. The summed E-state index contributed by atoms with van der Waals surface area (Å²) in [5.74, 6) is 0. The van der Waals surface area contributed by atoms with E-state index >= 15 is 0 Å². The molecule has 1 aliphatic heterocycles. The molecule has 1 saturated heterocycles. The molecule has 0 saturated carbocycles. The molecule has 110 valence electrons. The minimum Gasteiger partial charge on any atom is -0.313 e. The van der Waals surface area contributed by atoms with Gasteiger partial charge in [0.15, 0.2) is 0 Å². The second-order valence-electron chi connectivity index (χ2n) is 5.71. The van der Waals surface area contributed by atoms with Crippen LogP contribution in [-0.4, -0.2) is 36.0 Å². The minimum atomic E-state index is -0.302. The molecule has 2 unspecified atom stereocenters. The monoisotopic (exact) mass is 277 g/mol. The molecule has 1 aromatic carbocycles. The van der Waals surface area contributed by atoms with Crippen LogP contribution in [0.15, 0.2) is 18.2 Å². The van der Waals surface area contributed by atoms with Crippen molar-refractivity contribution in [1.82, 2.24) is 10.2 Å². The summed E-state index contributed by atoms with van der Waals surface area (Å²) in [7, 11) is 2.08. The molecular weight excluding hydrogens is 254 g/mol. The maximum absolute atomic E-state index is 11.0. The maximum Gasteiger partial charge on any atom is 0.272 e. The van der Waals surface area contributed by atoms with Crippen LogP contribution in [0.25, 0.3) is 0 Å². The van der Waals surface area contributed by atoms with Gasteiger partial charge in [0.2, 0.25) is 0 Å². The van der Waals surface area contributed by atoms with Crippen molar-refractivity contribution >= 4 is 5.69 Å². The van der Waals surface area contributed by atoms with Crippen LogP contribution in [0.3, 0.4) is 0 Å². The van der Waals surface area contributed by atoms with Crippen LogP contribution in [0, 0.1) is 17.0 Å². The van der Waals surface area contributed by atoms with Crippen LogP contribution in [0.2, 0.25) is 0 Å². The van der Waals surface area contributed by atoms with Gasteiger partial charge in [-0.3, -0.25) is 15.0 Å². The molecule has 1 N–H and O–H groups in total. The van der Waals surface area contributed by atoms with E-state index < -0.39 is 0 Å². The Balaban J connectivity index is 2.09. The summed E-state index contributed by atoms with van der Waals surface area (Å²) in [5.41, 5.74) is 1.93. The number of nitrogens with zero attached hydrogens (tertiary/aromatic N) is 2. The molecule has 1 heterocycles. The number of nitro groups is 1. The number of nitrogens with one attached hydrogen (secondary N) is 1. The fraction of sp³-hybridized carbons (Fsp3) is 0.600. The number of benzene rings is 1. The number of aryl methyl sites for hydroxylation is 1. The van der Waals surface area contributed by atoms with E-state index in [2.05, 4.69) is 24.2 Å². The van der Waals surface area contributed by atoms with E-state index in [0.717, 1.165) is 18.7 Å². The first-order valence-corrected chi connectivity index (χ1v) is 7.17. The third-order valence-corrected chi connectivity index (χ3v) is 4.24. The van der Waals surface area contributed by atoms with E-state index in [-0.39, 0.29) is 16.7 Å². The van der Waals surface area contributed by atoms with Gasteiger partial charge in [-0.15, -0.1) is 0 Å². The quantitative estimate of drug-likeness (QED) is 0.664. The summed E-state index contributed by atoms with van der Waals surface area (Å²) in [6.07, 6.45) is 2.45. The molecule has 20 heavy (non-hydrogen) atoms. The normalized spacial score (nSPS) is 20.3. The third-order valence-electron chi connectivity index (χ3n) is 4.24. The fourth-order valence-electron chi connectivity index (χ4n) is 2.76. The second-order valence-corrected chi connectivity index (χ2v) is 5.71. The lowest BCUT2D eigenvalue weighted by Crippen LogP contribution is -2.36. The summed E-state index contributed by atoms with van der Waals surface area (Å²) < 4.78 is 0. The zero-order valence-corrected chi connectivity index (χ0v) is 12.4. The zero-order valence-electron chi connectivity index (χ0n) is 12.4. The standard InChI is InChI=1S/C15H23N3O2/c1-11-6-7-13(9-15(11)18(19)20)12(2)17(3)10-14-5-4-8-16-14/h6-7,9,12,14,16H,4-5,8,10H2,1-3H3. The van der Waals surface area contributed by atoms with Crippen molar-refractivity contribution in [3.05, 3.63) is 39.4 Å². The predicted octanol–water partition coefficient (Wildman–Crippen LogP) is 2.65. The molecule has 0 spiro atoms. The van der Waals surface area contributed by atoms with Gasteiger partial charge in [-0.25, -0.2) is 0 Å². The van der Waals surface area contributed by atoms with Crippen molar-refractivity contribution in [1.29, 1.82) is 0 Å². The van der Waals surface area contributed by atoms with Gasteiger partial charge in [0.05, 0.1) is 4.92 Å². The van der Waals surface area contributed by atoms with Crippen molar-refractivity contribution < 1.29 is 4.92 Å². The Bertz CT molecular complexity index is 484. The predicted molar refractivity (Wildman–Crippen MR) is 79.9 cm³/mol. The first kappa shape index (κ1) is 14.9. The maximum atomic E-state index is 11.0. The van der Waals surface area contributed by atoms with E-state index in [1.807, 2.05) is 12.1 Å². The Morgan fingerprint density at radius 2 is 2.30 bits per heavy atom. The second kappa shape index (κ2) is 6.33. The van der Waals surface area contributed by atoms with Gasteiger partial charge in [0.1, 0.15) is 0 Å². The smallest absolute Gasteiger partial charge is 0.272 e. The van der Waals surface area contributed by atoms with Crippen molar-refractivity contribution in [2.24, 2.45) is 0 Å². The highest BCUT2D eigenvalue weighted by molar-refractivity contribution is 5.43. The molecule has 1 fully saturated rings. The summed E-state index contributed by atoms with van der Waals surface area (Å²) in [6, 6.07) is 6.26. The van der Waals surface area contributed by atoms with Crippen LogP contribution in [0.4, 0.5) is 5.69 Å². The Morgan fingerprint density at radius 1 is 1.55 bits per heavy atom. The Morgan fingerprint density at radius 3 is 2.90 bits per heavy atom. The largest absolute Gasteiger partial charge is 0.313 e. The van der Waals surface area contributed by atoms with Gasteiger partial charge in [0.25, 0.3) is 5.69 Å². The van der Waals surface area contributed by atoms with Gasteiger partial charge >= 0.3 is 0 Å². The lowest BCUT2D eigenvalue weighted by molar-refractivity contribution is -0.385. The number of likely N-dealkylation sites (N-methyl/N-ethyl adjacent to an activating group) is 1. The average molecular weight is 277 g/mol. The van der Waals surface area contributed by atoms with E-state index in [4.69, 9.17) is 0 Å². The fourth-order valence-corrected chi connectivity index (χ4v) is 2.76. The SMILES string of the molecule is Cc1ccc(C(C)N(C)CC2CCCN2)cc1[N+](=O)[O-]. The van der Waals surface area contributed by atoms with E-state index in [1.165, 1.54) is 12.8 Å². The van der Waals surface area contributed by atoms with Gasteiger partial charge in [-0.05, 0) is 45.8 Å². The van der Waals surface area contributed by atoms with Crippen LogP contribution < -0.4 is 5.32 Å². The first-order valence-electron chi connectivity index (χ1n) is 7.17. The molecule has 5 heteroatoms. The molecule has 0 radical (unpaired) electrons. The molecule has 0 amide bonds. The number of hydrogen-bond donors (Lipinski definition) is 1. The molecular formula is C15H23N3O2. The van der Waals surface area contributed by atoms with Crippen LogP contribution in [0.5, 0.6) is 0 Å². The average Bonchev–Trinajstić information content (AvgIpc) is 2.91. The van der Waals surface area contributed by atoms with E-state index in [9.17, 15) is 10.1 Å². The molecule has 2 atom stereocenters. The zero-order chi connectivity index (χ0) is 14.7. The summed E-state index contributed by atoms with van der Waals surface area (Å²) >= 11 is 0. The third kappa shape index (κ3) is 3.35. The Kier molecular flexibility index (Phi) is 4.73. The highest BCUT2D eigenvalue weighted by Gasteiger charge is 2.21. The van der Waals surface area contributed by atoms with Crippen molar-refractivity contribution in [2.75, 3.05) is 20.1 Å². The van der Waals surface area contributed by atoms with Gasteiger partial charge in [-0.2, -0.15) is 0 Å². The van der Waals surface area contributed by atoms with Gasteiger partial charge < -0.3 is 5.32 Å². The molecule has 2 rings (SSSR count). The van der Waals surface area contributed by atoms with Gasteiger partial charge in [0, 0.05) is 30.3 Å². The highest BCUT2D eigenvalue weighted by atomic mass is 16.6. The number of hydrogen-bond acceptors (Lipinski definition) is 4. The Hall–Kier alpha value is -1.46. The number of nitro benzene ring substituents is 1. The van der Waals surface area contributed by atoms with E-state index in [1.54, 1.807) is 13.0 Å². The van der Waals surface area contributed by atoms with Crippen molar-refractivity contribution in [3.63, 3.8) is 0 Å². The van der Waals surface area contributed by atoms with Crippen LogP contribution in [-0.2, 0) is 0 Å². The molecule has 0 aromatic heterocycles. The number of rotatable bonds is 5. The summed E-state index contributed by atoms with van der Waals surface area (Å²) in [6.45, 7) is 5.95. The molecule has 1 aromatic rings. The molecule has 1 aliphatic rings. The summed E-state index contributed by atoms with van der Waals surface area (Å²) in [4.78, 5) is 13.0. The van der Waals surface area contributed by atoms with Crippen molar-refractivity contribution in [2.45, 2.75) is 38.8 Å². The topological polar surface area (TPSA) is 58.4 Å². The highest BCUT2D eigenvalue weighted by Crippen LogP contribution is 2.26.